The van der Waals surface area contributed by atoms with Crippen molar-refractivity contribution in [3.63, 3.8) is 0 Å². The summed E-state index contributed by atoms with van der Waals surface area (Å²) in [5.74, 6) is 0.830. The van der Waals surface area contributed by atoms with Gasteiger partial charge in [-0.05, 0) is 29.7 Å². The lowest BCUT2D eigenvalue weighted by atomic mass is 10.0. The molecular weight excluding hydrogens is 286 g/mol. The summed E-state index contributed by atoms with van der Waals surface area (Å²) in [5, 5.41) is 0.794. The SMILES string of the molecule is CCCc1ccc(C(N)CSc2ccccc2Cl)cc1. The molecule has 1 atom stereocenters. The first-order chi connectivity index (χ1) is 9.70. The maximum Gasteiger partial charge on any atom is 0.0541 e. The van der Waals surface area contributed by atoms with Crippen LogP contribution in [0.2, 0.25) is 5.02 Å². The van der Waals surface area contributed by atoms with Gasteiger partial charge in [0.05, 0.1) is 5.02 Å². The molecule has 0 fully saturated rings. The fraction of sp³-hybridized carbons (Fsp3) is 0.294. The molecule has 0 aliphatic carbocycles. The third-order valence-corrected chi connectivity index (χ3v) is 4.84. The highest BCUT2D eigenvalue weighted by atomic mass is 35.5. The Kier molecular flexibility index (Phi) is 5.96. The molecule has 0 heterocycles. The normalized spacial score (nSPS) is 12.3. The topological polar surface area (TPSA) is 26.0 Å². The predicted octanol–water partition coefficient (Wildman–Crippen LogP) is 5.08. The second-order valence-corrected chi connectivity index (χ2v) is 6.31. The van der Waals surface area contributed by atoms with E-state index in [-0.39, 0.29) is 6.04 Å². The lowest BCUT2D eigenvalue weighted by Gasteiger charge is -2.13. The molecule has 0 saturated carbocycles. The summed E-state index contributed by atoms with van der Waals surface area (Å²) in [6.45, 7) is 2.19. The lowest BCUT2D eigenvalue weighted by Crippen LogP contribution is -2.12. The molecule has 106 valence electrons. The molecule has 0 spiro atoms. The molecule has 0 amide bonds. The van der Waals surface area contributed by atoms with E-state index in [0.29, 0.717) is 0 Å². The Balaban J connectivity index is 1.94. The fourth-order valence-electron chi connectivity index (χ4n) is 2.06. The highest BCUT2D eigenvalue weighted by Crippen LogP contribution is 2.29. The largest absolute Gasteiger partial charge is 0.323 e. The Morgan fingerprint density at radius 1 is 1.10 bits per heavy atom. The highest BCUT2D eigenvalue weighted by Gasteiger charge is 2.08. The van der Waals surface area contributed by atoms with Gasteiger partial charge in [0.25, 0.3) is 0 Å². The van der Waals surface area contributed by atoms with Crippen LogP contribution < -0.4 is 5.73 Å². The van der Waals surface area contributed by atoms with Crippen LogP contribution in [0.1, 0.15) is 30.5 Å². The van der Waals surface area contributed by atoms with Crippen LogP contribution in [0.5, 0.6) is 0 Å². The summed E-state index contributed by atoms with van der Waals surface area (Å²) in [6, 6.07) is 16.6. The van der Waals surface area contributed by atoms with E-state index < -0.39 is 0 Å². The predicted molar refractivity (Wildman–Crippen MR) is 89.5 cm³/mol. The van der Waals surface area contributed by atoms with Crippen LogP contribution in [-0.4, -0.2) is 5.75 Å². The molecule has 2 N–H and O–H groups in total. The molecule has 2 aromatic carbocycles. The summed E-state index contributed by atoms with van der Waals surface area (Å²) in [7, 11) is 0. The van der Waals surface area contributed by atoms with Gasteiger partial charge < -0.3 is 5.73 Å². The number of thioether (sulfide) groups is 1. The molecule has 0 bridgehead atoms. The second-order valence-electron chi connectivity index (χ2n) is 4.84. The molecule has 0 aliphatic heterocycles. The maximum absolute atomic E-state index is 6.25. The van der Waals surface area contributed by atoms with Crippen molar-refractivity contribution >= 4 is 23.4 Å². The summed E-state index contributed by atoms with van der Waals surface area (Å²) >= 11 is 7.86. The molecule has 0 saturated heterocycles. The van der Waals surface area contributed by atoms with Crippen LogP contribution in [-0.2, 0) is 6.42 Å². The van der Waals surface area contributed by atoms with Crippen molar-refractivity contribution in [3.05, 3.63) is 64.7 Å². The molecule has 20 heavy (non-hydrogen) atoms. The first-order valence-electron chi connectivity index (χ1n) is 6.92. The fourth-order valence-corrected chi connectivity index (χ4v) is 3.29. The Morgan fingerprint density at radius 2 is 1.80 bits per heavy atom. The summed E-state index contributed by atoms with van der Waals surface area (Å²) in [6.07, 6.45) is 2.30. The minimum absolute atomic E-state index is 0.0342. The van der Waals surface area contributed by atoms with Gasteiger partial charge in [-0.1, -0.05) is 61.3 Å². The molecule has 3 heteroatoms. The number of benzene rings is 2. The van der Waals surface area contributed by atoms with E-state index in [1.54, 1.807) is 11.8 Å². The first kappa shape index (κ1) is 15.4. The Hall–Kier alpha value is -0.960. The zero-order chi connectivity index (χ0) is 14.4. The van der Waals surface area contributed by atoms with Crippen molar-refractivity contribution in [1.82, 2.24) is 0 Å². The van der Waals surface area contributed by atoms with Crippen molar-refractivity contribution < 1.29 is 0 Å². The zero-order valence-electron chi connectivity index (χ0n) is 11.7. The van der Waals surface area contributed by atoms with Gasteiger partial charge in [-0.3, -0.25) is 0 Å². The summed E-state index contributed by atoms with van der Waals surface area (Å²) in [5.41, 5.74) is 8.81. The monoisotopic (exact) mass is 305 g/mol. The molecule has 0 aliphatic rings. The van der Waals surface area contributed by atoms with Crippen LogP contribution >= 0.6 is 23.4 Å². The summed E-state index contributed by atoms with van der Waals surface area (Å²) in [4.78, 5) is 1.09. The van der Waals surface area contributed by atoms with Crippen molar-refractivity contribution in [2.45, 2.75) is 30.7 Å². The summed E-state index contributed by atoms with van der Waals surface area (Å²) < 4.78 is 0. The van der Waals surface area contributed by atoms with Gasteiger partial charge in [-0.25, -0.2) is 0 Å². The van der Waals surface area contributed by atoms with Gasteiger partial charge in [-0.2, -0.15) is 0 Å². The standard InChI is InChI=1S/C17H20ClNS/c1-2-5-13-8-10-14(11-9-13)16(19)12-20-17-7-4-3-6-15(17)18/h3-4,6-11,16H,2,5,12,19H2,1H3. The first-order valence-corrected chi connectivity index (χ1v) is 8.28. The Labute approximate surface area is 130 Å². The average molecular weight is 306 g/mol. The van der Waals surface area contributed by atoms with Gasteiger partial charge in [0.2, 0.25) is 0 Å². The van der Waals surface area contributed by atoms with Gasteiger partial charge in [0.15, 0.2) is 0 Å². The van der Waals surface area contributed by atoms with Gasteiger partial charge in [0, 0.05) is 16.7 Å². The minimum Gasteiger partial charge on any atom is -0.323 e. The number of rotatable bonds is 6. The molecular formula is C17H20ClNS. The van der Waals surface area contributed by atoms with Crippen LogP contribution in [0, 0.1) is 0 Å². The van der Waals surface area contributed by atoms with E-state index in [4.69, 9.17) is 17.3 Å². The molecule has 1 nitrogen and oxygen atoms in total. The van der Waals surface area contributed by atoms with E-state index >= 15 is 0 Å². The Morgan fingerprint density at radius 3 is 2.45 bits per heavy atom. The molecule has 1 unspecified atom stereocenters. The second kappa shape index (κ2) is 7.72. The third-order valence-electron chi connectivity index (χ3n) is 3.20. The quantitative estimate of drug-likeness (QED) is 0.753. The molecule has 2 rings (SSSR count). The van der Waals surface area contributed by atoms with Crippen molar-refractivity contribution in [2.75, 3.05) is 5.75 Å². The molecule has 0 radical (unpaired) electrons. The van der Waals surface area contributed by atoms with Gasteiger partial charge >= 0.3 is 0 Å². The van der Waals surface area contributed by atoms with Gasteiger partial charge in [0.1, 0.15) is 0 Å². The van der Waals surface area contributed by atoms with Gasteiger partial charge in [-0.15, -0.1) is 11.8 Å². The smallest absolute Gasteiger partial charge is 0.0541 e. The zero-order valence-corrected chi connectivity index (χ0v) is 13.3. The average Bonchev–Trinajstić information content (AvgIpc) is 2.47. The number of nitrogens with two attached hydrogens (primary N) is 1. The number of hydrogen-bond acceptors (Lipinski definition) is 2. The van der Waals surface area contributed by atoms with Crippen molar-refractivity contribution in [2.24, 2.45) is 5.73 Å². The van der Waals surface area contributed by atoms with E-state index in [1.807, 2.05) is 24.3 Å². The van der Waals surface area contributed by atoms with Crippen LogP contribution in [0.3, 0.4) is 0 Å². The van der Waals surface area contributed by atoms with Crippen LogP contribution in [0.15, 0.2) is 53.4 Å². The highest BCUT2D eigenvalue weighted by molar-refractivity contribution is 7.99. The minimum atomic E-state index is 0.0342. The van der Waals surface area contributed by atoms with Crippen molar-refractivity contribution in [3.8, 4) is 0 Å². The number of halogens is 1. The number of aryl methyl sites for hydroxylation is 1. The number of hydrogen-bond donors (Lipinski definition) is 1. The van der Waals surface area contributed by atoms with E-state index in [0.717, 1.165) is 22.1 Å². The van der Waals surface area contributed by atoms with Crippen molar-refractivity contribution in [1.29, 1.82) is 0 Å². The van der Waals surface area contributed by atoms with E-state index in [1.165, 1.54) is 17.5 Å². The van der Waals surface area contributed by atoms with E-state index in [2.05, 4.69) is 31.2 Å². The lowest BCUT2D eigenvalue weighted by molar-refractivity contribution is 0.828. The maximum atomic E-state index is 6.25. The van der Waals surface area contributed by atoms with Crippen LogP contribution in [0.25, 0.3) is 0 Å². The van der Waals surface area contributed by atoms with Crippen LogP contribution in [0.4, 0.5) is 0 Å². The van der Waals surface area contributed by atoms with E-state index in [9.17, 15) is 0 Å². The molecule has 2 aromatic rings. The molecule has 0 aromatic heterocycles. The third kappa shape index (κ3) is 4.27. The Bertz CT molecular complexity index is 539.